The first kappa shape index (κ1) is 22.9. The van der Waals surface area contributed by atoms with E-state index in [1.54, 1.807) is 29.2 Å². The van der Waals surface area contributed by atoms with Crippen molar-refractivity contribution in [1.82, 2.24) is 9.62 Å². The van der Waals surface area contributed by atoms with Gasteiger partial charge in [0, 0.05) is 19.5 Å². The molecule has 0 spiro atoms. The average Bonchev–Trinajstić information content (AvgIpc) is 3.20. The molecular formula is C21H24Cl2N2O4S. The number of nitrogens with one attached hydrogen (secondary N) is 1. The Hall–Kier alpha value is -1.80. The van der Waals surface area contributed by atoms with Gasteiger partial charge in [0.15, 0.2) is 0 Å². The Morgan fingerprint density at radius 2 is 1.90 bits per heavy atom. The standard InChI is InChI=1S/C21H24Cl2N2O4S/c1-2-29-16-6-8-17(9-7-16)30(27,28)24-12-11-21(26)25-13-3-4-20(25)15-5-10-18(22)19(23)14-15/h5-10,14,20,24H,2-4,11-13H2,1H3. The highest BCUT2D eigenvalue weighted by molar-refractivity contribution is 7.89. The molecule has 9 heteroatoms. The van der Waals surface area contributed by atoms with E-state index < -0.39 is 10.0 Å². The normalized spacial score (nSPS) is 16.6. The Morgan fingerprint density at radius 3 is 2.57 bits per heavy atom. The van der Waals surface area contributed by atoms with Gasteiger partial charge in [0.2, 0.25) is 15.9 Å². The van der Waals surface area contributed by atoms with Crippen molar-refractivity contribution >= 4 is 39.1 Å². The van der Waals surface area contributed by atoms with E-state index in [0.717, 1.165) is 18.4 Å². The molecule has 0 radical (unpaired) electrons. The summed E-state index contributed by atoms with van der Waals surface area (Å²) in [5.41, 5.74) is 0.935. The first-order valence-electron chi connectivity index (χ1n) is 9.79. The van der Waals surface area contributed by atoms with Gasteiger partial charge in [0.05, 0.1) is 27.6 Å². The van der Waals surface area contributed by atoms with Crippen molar-refractivity contribution < 1.29 is 17.9 Å². The third kappa shape index (κ3) is 5.46. The largest absolute Gasteiger partial charge is 0.494 e. The molecule has 1 atom stereocenters. The lowest BCUT2D eigenvalue weighted by molar-refractivity contribution is -0.131. The fraction of sp³-hybridized carbons (Fsp3) is 0.381. The Balaban J connectivity index is 1.58. The van der Waals surface area contributed by atoms with Gasteiger partial charge >= 0.3 is 0 Å². The van der Waals surface area contributed by atoms with Gasteiger partial charge in [-0.3, -0.25) is 4.79 Å². The van der Waals surface area contributed by atoms with Crippen LogP contribution in [-0.4, -0.2) is 38.9 Å². The molecule has 3 rings (SSSR count). The van der Waals surface area contributed by atoms with E-state index in [2.05, 4.69) is 4.72 Å². The molecule has 0 aromatic heterocycles. The fourth-order valence-corrected chi connectivity index (χ4v) is 4.87. The van der Waals surface area contributed by atoms with Crippen LogP contribution >= 0.6 is 23.2 Å². The number of halogens is 2. The summed E-state index contributed by atoms with van der Waals surface area (Å²) < 4.78 is 32.7. The summed E-state index contributed by atoms with van der Waals surface area (Å²) in [6.45, 7) is 3.02. The van der Waals surface area contributed by atoms with Crippen molar-refractivity contribution in [3.63, 3.8) is 0 Å². The lowest BCUT2D eigenvalue weighted by Crippen LogP contribution is -2.34. The highest BCUT2D eigenvalue weighted by Crippen LogP contribution is 2.35. The van der Waals surface area contributed by atoms with Crippen LogP contribution in [0.4, 0.5) is 0 Å². The molecule has 1 amide bonds. The van der Waals surface area contributed by atoms with Crippen LogP contribution in [0, 0.1) is 0 Å². The van der Waals surface area contributed by atoms with Gasteiger partial charge in [-0.15, -0.1) is 0 Å². The SMILES string of the molecule is CCOc1ccc(S(=O)(=O)NCCC(=O)N2CCCC2c2ccc(Cl)c(Cl)c2)cc1. The molecule has 6 nitrogen and oxygen atoms in total. The smallest absolute Gasteiger partial charge is 0.240 e. The number of hydrogen-bond donors (Lipinski definition) is 1. The summed E-state index contributed by atoms with van der Waals surface area (Å²) in [5.74, 6) is 0.506. The summed E-state index contributed by atoms with van der Waals surface area (Å²) in [5, 5.41) is 0.927. The monoisotopic (exact) mass is 470 g/mol. The second-order valence-corrected chi connectivity index (χ2v) is 9.55. The maximum atomic E-state index is 12.7. The molecule has 2 aromatic carbocycles. The molecule has 0 aliphatic carbocycles. The summed E-state index contributed by atoms with van der Waals surface area (Å²) in [4.78, 5) is 14.7. The van der Waals surface area contributed by atoms with Gasteiger partial charge in [-0.25, -0.2) is 13.1 Å². The Kier molecular flexibility index (Phi) is 7.63. The Labute approximate surface area is 187 Å². The molecule has 1 unspecified atom stereocenters. The second kappa shape index (κ2) is 10.0. The number of likely N-dealkylation sites (tertiary alicyclic amines) is 1. The van der Waals surface area contributed by atoms with Crippen LogP contribution in [0.3, 0.4) is 0 Å². The zero-order valence-corrected chi connectivity index (χ0v) is 18.9. The molecule has 1 saturated heterocycles. The fourth-order valence-electron chi connectivity index (χ4n) is 3.53. The van der Waals surface area contributed by atoms with Crippen LogP contribution in [0.2, 0.25) is 10.0 Å². The maximum absolute atomic E-state index is 12.7. The van der Waals surface area contributed by atoms with Crippen LogP contribution in [0.25, 0.3) is 0 Å². The van der Waals surface area contributed by atoms with Gasteiger partial charge < -0.3 is 9.64 Å². The highest BCUT2D eigenvalue weighted by Gasteiger charge is 2.30. The summed E-state index contributed by atoms with van der Waals surface area (Å²) in [7, 11) is -3.70. The number of hydrogen-bond acceptors (Lipinski definition) is 4. The zero-order valence-electron chi connectivity index (χ0n) is 16.6. The van der Waals surface area contributed by atoms with Crippen molar-refractivity contribution in [1.29, 1.82) is 0 Å². The van der Waals surface area contributed by atoms with E-state index in [1.165, 1.54) is 12.1 Å². The third-order valence-corrected chi connectivity index (χ3v) is 7.19. The van der Waals surface area contributed by atoms with Gasteiger partial charge in [-0.05, 0) is 61.7 Å². The molecule has 1 fully saturated rings. The first-order chi connectivity index (χ1) is 14.3. The van der Waals surface area contributed by atoms with Crippen LogP contribution in [-0.2, 0) is 14.8 Å². The van der Waals surface area contributed by atoms with Crippen molar-refractivity contribution in [3.05, 3.63) is 58.1 Å². The number of carbonyl (C=O) groups is 1. The Morgan fingerprint density at radius 1 is 1.17 bits per heavy atom. The third-order valence-electron chi connectivity index (χ3n) is 4.98. The topological polar surface area (TPSA) is 75.7 Å². The summed E-state index contributed by atoms with van der Waals surface area (Å²) in [6, 6.07) is 11.5. The van der Waals surface area contributed by atoms with Crippen LogP contribution < -0.4 is 9.46 Å². The first-order valence-corrected chi connectivity index (χ1v) is 12.0. The maximum Gasteiger partial charge on any atom is 0.240 e. The van der Waals surface area contributed by atoms with E-state index in [1.807, 2.05) is 13.0 Å². The van der Waals surface area contributed by atoms with E-state index in [4.69, 9.17) is 27.9 Å². The Bertz CT molecular complexity index is 997. The second-order valence-electron chi connectivity index (χ2n) is 6.97. The van der Waals surface area contributed by atoms with Gasteiger partial charge in [0.1, 0.15) is 5.75 Å². The van der Waals surface area contributed by atoms with Crippen LogP contribution in [0.5, 0.6) is 5.75 Å². The van der Waals surface area contributed by atoms with Crippen molar-refractivity contribution in [2.24, 2.45) is 0 Å². The summed E-state index contributed by atoms with van der Waals surface area (Å²) in [6.07, 6.45) is 1.80. The van der Waals surface area contributed by atoms with E-state index in [0.29, 0.717) is 28.9 Å². The average molecular weight is 471 g/mol. The van der Waals surface area contributed by atoms with Crippen LogP contribution in [0.15, 0.2) is 47.4 Å². The number of nitrogens with zero attached hydrogens (tertiary/aromatic N) is 1. The summed E-state index contributed by atoms with van der Waals surface area (Å²) >= 11 is 12.1. The molecule has 1 aliphatic heterocycles. The lowest BCUT2D eigenvalue weighted by atomic mass is 10.0. The number of ether oxygens (including phenoxy) is 1. The molecule has 0 bridgehead atoms. The molecular weight excluding hydrogens is 447 g/mol. The molecule has 0 saturated carbocycles. The van der Waals surface area contributed by atoms with Crippen LogP contribution in [0.1, 0.15) is 37.8 Å². The minimum atomic E-state index is -3.70. The van der Waals surface area contributed by atoms with Gasteiger partial charge in [0.25, 0.3) is 0 Å². The van der Waals surface area contributed by atoms with Gasteiger partial charge in [-0.1, -0.05) is 29.3 Å². The molecule has 162 valence electrons. The highest BCUT2D eigenvalue weighted by atomic mass is 35.5. The number of sulfonamides is 1. The molecule has 2 aromatic rings. The zero-order chi connectivity index (χ0) is 21.7. The van der Waals surface area contributed by atoms with E-state index >= 15 is 0 Å². The lowest BCUT2D eigenvalue weighted by Gasteiger charge is -2.25. The number of rotatable bonds is 8. The molecule has 1 aliphatic rings. The van der Waals surface area contributed by atoms with E-state index in [9.17, 15) is 13.2 Å². The van der Waals surface area contributed by atoms with Crippen molar-refractivity contribution in [2.45, 2.75) is 37.1 Å². The van der Waals surface area contributed by atoms with E-state index in [-0.39, 0.29) is 29.8 Å². The van der Waals surface area contributed by atoms with Crippen molar-refractivity contribution in [3.8, 4) is 5.75 Å². The molecule has 1 heterocycles. The predicted molar refractivity (Wildman–Crippen MR) is 118 cm³/mol. The quantitative estimate of drug-likeness (QED) is 0.619. The molecule has 1 N–H and O–H groups in total. The van der Waals surface area contributed by atoms with Crippen molar-refractivity contribution in [2.75, 3.05) is 19.7 Å². The minimum absolute atomic E-state index is 0.0268. The molecule has 30 heavy (non-hydrogen) atoms. The van der Waals surface area contributed by atoms with Gasteiger partial charge in [-0.2, -0.15) is 0 Å². The number of carbonyl (C=O) groups excluding carboxylic acids is 1. The number of amides is 1. The number of benzene rings is 2. The minimum Gasteiger partial charge on any atom is -0.494 e. The predicted octanol–water partition coefficient (Wildman–Crippen LogP) is 4.42.